The van der Waals surface area contributed by atoms with Crippen LogP contribution in [0.4, 0.5) is 0 Å². The van der Waals surface area contributed by atoms with Gasteiger partial charge >= 0.3 is 5.97 Å². The minimum Gasteiger partial charge on any atom is -0.469 e. The highest BCUT2D eigenvalue weighted by Crippen LogP contribution is 2.31. The van der Waals surface area contributed by atoms with Gasteiger partial charge in [0.05, 0.1) is 19.1 Å². The lowest BCUT2D eigenvalue weighted by Gasteiger charge is -2.31. The SMILES string of the molecule is COC(=O)CC(C)(OOC(C)(C)C)c1ccccc1. The zero-order valence-corrected chi connectivity index (χ0v) is 12.2. The monoisotopic (exact) mass is 266 g/mol. The van der Waals surface area contributed by atoms with Crippen LogP contribution in [0.25, 0.3) is 0 Å². The molecule has 19 heavy (non-hydrogen) atoms. The van der Waals surface area contributed by atoms with Gasteiger partial charge in [-0.1, -0.05) is 30.3 Å². The van der Waals surface area contributed by atoms with Gasteiger partial charge in [-0.3, -0.25) is 4.79 Å². The minimum absolute atomic E-state index is 0.0869. The van der Waals surface area contributed by atoms with Crippen molar-refractivity contribution in [2.24, 2.45) is 0 Å². The first-order valence-corrected chi connectivity index (χ1v) is 6.26. The second kappa shape index (κ2) is 6.17. The molecular weight excluding hydrogens is 244 g/mol. The molecular formula is C15H22O4. The zero-order chi connectivity index (χ0) is 14.5. The van der Waals surface area contributed by atoms with Crippen molar-refractivity contribution in [1.82, 2.24) is 0 Å². The number of carbonyl (C=O) groups is 1. The number of rotatable bonds is 5. The third-order valence-corrected chi connectivity index (χ3v) is 2.57. The van der Waals surface area contributed by atoms with Crippen molar-refractivity contribution in [3.05, 3.63) is 35.9 Å². The van der Waals surface area contributed by atoms with Crippen LogP contribution in [-0.2, 0) is 24.9 Å². The van der Waals surface area contributed by atoms with Crippen molar-refractivity contribution in [2.45, 2.75) is 45.3 Å². The normalized spacial score (nSPS) is 14.8. The van der Waals surface area contributed by atoms with E-state index in [0.717, 1.165) is 5.56 Å². The molecule has 4 nitrogen and oxygen atoms in total. The van der Waals surface area contributed by atoms with Gasteiger partial charge in [-0.15, -0.1) is 0 Å². The van der Waals surface area contributed by atoms with Gasteiger partial charge in [0.1, 0.15) is 5.60 Å². The second-order valence-corrected chi connectivity index (χ2v) is 5.63. The number of ether oxygens (including phenoxy) is 1. The summed E-state index contributed by atoms with van der Waals surface area (Å²) in [6, 6.07) is 9.49. The molecule has 0 saturated heterocycles. The van der Waals surface area contributed by atoms with E-state index in [2.05, 4.69) is 0 Å². The largest absolute Gasteiger partial charge is 0.469 e. The summed E-state index contributed by atoms with van der Waals surface area (Å²) in [7, 11) is 1.36. The summed E-state index contributed by atoms with van der Waals surface area (Å²) in [5, 5.41) is 0. The molecule has 0 N–H and O–H groups in total. The molecule has 0 aliphatic heterocycles. The van der Waals surface area contributed by atoms with Crippen LogP contribution in [0.2, 0.25) is 0 Å². The average molecular weight is 266 g/mol. The van der Waals surface area contributed by atoms with Gasteiger partial charge in [-0.05, 0) is 33.3 Å². The molecule has 1 aromatic carbocycles. The number of esters is 1. The van der Waals surface area contributed by atoms with E-state index in [1.165, 1.54) is 7.11 Å². The van der Waals surface area contributed by atoms with E-state index < -0.39 is 11.2 Å². The fourth-order valence-corrected chi connectivity index (χ4v) is 1.53. The molecule has 0 fully saturated rings. The van der Waals surface area contributed by atoms with E-state index >= 15 is 0 Å². The van der Waals surface area contributed by atoms with Crippen LogP contribution in [0, 0.1) is 0 Å². The molecule has 1 aromatic rings. The number of carbonyl (C=O) groups excluding carboxylic acids is 1. The molecule has 0 aromatic heterocycles. The second-order valence-electron chi connectivity index (χ2n) is 5.63. The Balaban J connectivity index is 2.93. The summed E-state index contributed by atoms with van der Waals surface area (Å²) in [6.45, 7) is 7.47. The van der Waals surface area contributed by atoms with E-state index in [1.807, 2.05) is 58.0 Å². The highest BCUT2D eigenvalue weighted by Gasteiger charge is 2.34. The van der Waals surface area contributed by atoms with Gasteiger partial charge < -0.3 is 4.74 Å². The van der Waals surface area contributed by atoms with Crippen LogP contribution in [0.15, 0.2) is 30.3 Å². The van der Waals surface area contributed by atoms with Crippen LogP contribution in [-0.4, -0.2) is 18.7 Å². The van der Waals surface area contributed by atoms with E-state index in [0.29, 0.717) is 0 Å². The molecule has 4 heteroatoms. The smallest absolute Gasteiger partial charge is 0.308 e. The van der Waals surface area contributed by atoms with Crippen molar-refractivity contribution in [1.29, 1.82) is 0 Å². The molecule has 1 rings (SSSR count). The van der Waals surface area contributed by atoms with Gasteiger partial charge in [-0.25, -0.2) is 9.78 Å². The van der Waals surface area contributed by atoms with Crippen LogP contribution >= 0.6 is 0 Å². The molecule has 1 unspecified atom stereocenters. The lowest BCUT2D eigenvalue weighted by atomic mass is 9.92. The van der Waals surface area contributed by atoms with Gasteiger partial charge in [0.15, 0.2) is 0 Å². The fraction of sp³-hybridized carbons (Fsp3) is 0.533. The van der Waals surface area contributed by atoms with Crippen molar-refractivity contribution in [3.8, 4) is 0 Å². The van der Waals surface area contributed by atoms with Crippen LogP contribution in [0.5, 0.6) is 0 Å². The molecule has 0 aliphatic carbocycles. The molecule has 0 bridgehead atoms. The highest BCUT2D eigenvalue weighted by molar-refractivity contribution is 5.70. The maximum absolute atomic E-state index is 11.6. The molecule has 0 amide bonds. The summed E-state index contributed by atoms with van der Waals surface area (Å²) in [5.41, 5.74) is -0.460. The van der Waals surface area contributed by atoms with Crippen molar-refractivity contribution >= 4 is 5.97 Å². The van der Waals surface area contributed by atoms with Gasteiger partial charge in [0.25, 0.3) is 0 Å². The predicted octanol–water partition coefficient (Wildman–Crippen LogP) is 3.21. The van der Waals surface area contributed by atoms with Gasteiger partial charge in [-0.2, -0.15) is 0 Å². The average Bonchev–Trinajstić information content (AvgIpc) is 2.36. The number of hydrogen-bond acceptors (Lipinski definition) is 4. The Bertz CT molecular complexity index is 408. The Morgan fingerprint density at radius 3 is 2.11 bits per heavy atom. The molecule has 1 atom stereocenters. The lowest BCUT2D eigenvalue weighted by Crippen LogP contribution is -2.33. The number of methoxy groups -OCH3 is 1. The standard InChI is InChI=1S/C15H22O4/c1-14(2,3)18-19-15(4,11-13(16)17-5)12-9-7-6-8-10-12/h6-10H,11H2,1-5H3. The van der Waals surface area contributed by atoms with E-state index in [4.69, 9.17) is 14.5 Å². The summed E-state index contributed by atoms with van der Waals surface area (Å²) < 4.78 is 4.72. The molecule has 0 heterocycles. The Labute approximate surface area is 114 Å². The molecule has 106 valence electrons. The van der Waals surface area contributed by atoms with Gasteiger partial charge in [0.2, 0.25) is 0 Å². The minimum atomic E-state index is -0.873. The molecule has 0 saturated carbocycles. The first-order chi connectivity index (χ1) is 8.77. The molecule has 0 spiro atoms. The lowest BCUT2D eigenvalue weighted by molar-refractivity contribution is -0.405. The third-order valence-electron chi connectivity index (χ3n) is 2.57. The van der Waals surface area contributed by atoms with Gasteiger partial charge in [0, 0.05) is 0 Å². The highest BCUT2D eigenvalue weighted by atomic mass is 17.2. The number of hydrogen-bond donors (Lipinski definition) is 0. The zero-order valence-electron chi connectivity index (χ0n) is 12.2. The Kier molecular flexibility index (Phi) is 5.09. The van der Waals surface area contributed by atoms with Crippen molar-refractivity contribution in [2.75, 3.05) is 7.11 Å². The van der Waals surface area contributed by atoms with E-state index in [-0.39, 0.29) is 12.4 Å². The Hall–Kier alpha value is -1.39. The topological polar surface area (TPSA) is 44.8 Å². The predicted molar refractivity (Wildman–Crippen MR) is 72.4 cm³/mol. The Morgan fingerprint density at radius 2 is 1.63 bits per heavy atom. The van der Waals surface area contributed by atoms with E-state index in [9.17, 15) is 4.79 Å². The fourth-order valence-electron chi connectivity index (χ4n) is 1.53. The van der Waals surface area contributed by atoms with Crippen LogP contribution in [0.1, 0.15) is 39.7 Å². The van der Waals surface area contributed by atoms with E-state index in [1.54, 1.807) is 0 Å². The first kappa shape index (κ1) is 15.7. The molecule has 0 aliphatic rings. The maximum Gasteiger partial charge on any atom is 0.308 e. The summed E-state index contributed by atoms with van der Waals surface area (Å²) in [4.78, 5) is 22.5. The first-order valence-electron chi connectivity index (χ1n) is 6.26. The van der Waals surface area contributed by atoms with Crippen molar-refractivity contribution in [3.63, 3.8) is 0 Å². The van der Waals surface area contributed by atoms with Crippen LogP contribution in [0.3, 0.4) is 0 Å². The summed E-state index contributed by atoms with van der Waals surface area (Å²) in [5.74, 6) is -0.344. The number of benzene rings is 1. The third kappa shape index (κ3) is 5.01. The Morgan fingerprint density at radius 1 is 1.05 bits per heavy atom. The maximum atomic E-state index is 11.6. The quantitative estimate of drug-likeness (QED) is 0.466. The van der Waals surface area contributed by atoms with Crippen LogP contribution < -0.4 is 0 Å². The van der Waals surface area contributed by atoms with Crippen molar-refractivity contribution < 1.29 is 19.3 Å². The summed E-state index contributed by atoms with van der Waals surface area (Å²) >= 11 is 0. The summed E-state index contributed by atoms with van der Waals surface area (Å²) in [6.07, 6.45) is 0.0869. The molecule has 0 radical (unpaired) electrons.